The Hall–Kier alpha value is -0.440. The van der Waals surface area contributed by atoms with E-state index in [0.29, 0.717) is 11.9 Å². The van der Waals surface area contributed by atoms with Gasteiger partial charge in [0.1, 0.15) is 5.75 Å². The number of hydrogen-bond donors (Lipinski definition) is 0. The number of halogens is 2. The van der Waals surface area contributed by atoms with Gasteiger partial charge in [0.25, 0.3) is 0 Å². The SMILES string of the molecule is CCC(CC)N(CCCl)Cc1cc(Cl)ccc1OC. The van der Waals surface area contributed by atoms with Gasteiger partial charge in [-0.2, -0.15) is 0 Å². The van der Waals surface area contributed by atoms with Crippen molar-refractivity contribution in [2.45, 2.75) is 39.3 Å². The Bertz CT molecular complexity index is 380. The molecular formula is C15H23Cl2NO. The van der Waals surface area contributed by atoms with Crippen molar-refractivity contribution in [3.05, 3.63) is 28.8 Å². The van der Waals surface area contributed by atoms with Crippen molar-refractivity contribution in [3.63, 3.8) is 0 Å². The molecular weight excluding hydrogens is 281 g/mol. The molecule has 0 radical (unpaired) electrons. The van der Waals surface area contributed by atoms with Gasteiger partial charge in [-0.1, -0.05) is 25.4 Å². The lowest BCUT2D eigenvalue weighted by molar-refractivity contribution is 0.186. The van der Waals surface area contributed by atoms with Crippen LogP contribution < -0.4 is 4.74 Å². The zero-order chi connectivity index (χ0) is 14.3. The van der Waals surface area contributed by atoms with E-state index >= 15 is 0 Å². The van der Waals surface area contributed by atoms with Gasteiger partial charge in [-0.3, -0.25) is 4.90 Å². The fraction of sp³-hybridized carbons (Fsp3) is 0.600. The average Bonchev–Trinajstić information content (AvgIpc) is 2.40. The maximum atomic E-state index is 6.08. The topological polar surface area (TPSA) is 12.5 Å². The molecule has 108 valence electrons. The van der Waals surface area contributed by atoms with Crippen molar-refractivity contribution >= 4 is 23.2 Å². The van der Waals surface area contributed by atoms with Crippen LogP contribution >= 0.6 is 23.2 Å². The smallest absolute Gasteiger partial charge is 0.123 e. The largest absolute Gasteiger partial charge is 0.496 e. The Labute approximate surface area is 126 Å². The van der Waals surface area contributed by atoms with Crippen molar-refractivity contribution < 1.29 is 4.74 Å². The lowest BCUT2D eigenvalue weighted by Gasteiger charge is -2.30. The fourth-order valence-electron chi connectivity index (χ4n) is 2.39. The molecule has 0 aromatic heterocycles. The van der Waals surface area contributed by atoms with Crippen LogP contribution in [0.5, 0.6) is 5.75 Å². The maximum absolute atomic E-state index is 6.08. The lowest BCUT2D eigenvalue weighted by Crippen LogP contribution is -2.35. The highest BCUT2D eigenvalue weighted by Gasteiger charge is 2.17. The number of hydrogen-bond acceptors (Lipinski definition) is 2. The third-order valence-corrected chi connectivity index (χ3v) is 3.85. The molecule has 4 heteroatoms. The van der Waals surface area contributed by atoms with E-state index in [1.807, 2.05) is 18.2 Å². The molecule has 0 saturated heterocycles. The van der Waals surface area contributed by atoms with Gasteiger partial charge in [0.15, 0.2) is 0 Å². The molecule has 0 heterocycles. The maximum Gasteiger partial charge on any atom is 0.123 e. The van der Waals surface area contributed by atoms with Gasteiger partial charge >= 0.3 is 0 Å². The lowest BCUT2D eigenvalue weighted by atomic mass is 10.1. The zero-order valence-corrected chi connectivity index (χ0v) is 13.5. The molecule has 0 amide bonds. The van der Waals surface area contributed by atoms with Crippen LogP contribution in [0, 0.1) is 0 Å². The van der Waals surface area contributed by atoms with Crippen molar-refractivity contribution in [2.75, 3.05) is 19.5 Å². The quantitative estimate of drug-likeness (QED) is 0.652. The molecule has 0 spiro atoms. The second kappa shape index (κ2) is 8.68. The number of alkyl halides is 1. The van der Waals surface area contributed by atoms with E-state index in [9.17, 15) is 0 Å². The molecule has 1 rings (SSSR count). The van der Waals surface area contributed by atoms with Crippen LogP contribution in [0.25, 0.3) is 0 Å². The predicted molar refractivity (Wildman–Crippen MR) is 83.5 cm³/mol. The molecule has 0 aliphatic rings. The first kappa shape index (κ1) is 16.6. The van der Waals surface area contributed by atoms with Gasteiger partial charge in [-0.25, -0.2) is 0 Å². The zero-order valence-electron chi connectivity index (χ0n) is 12.0. The highest BCUT2D eigenvalue weighted by Crippen LogP contribution is 2.25. The third-order valence-electron chi connectivity index (χ3n) is 3.45. The van der Waals surface area contributed by atoms with E-state index in [2.05, 4.69) is 18.7 Å². The Morgan fingerprint density at radius 2 is 1.95 bits per heavy atom. The Balaban J connectivity index is 2.91. The Morgan fingerprint density at radius 3 is 2.47 bits per heavy atom. The molecule has 19 heavy (non-hydrogen) atoms. The summed E-state index contributed by atoms with van der Waals surface area (Å²) in [4.78, 5) is 2.40. The van der Waals surface area contributed by atoms with Gasteiger partial charge in [0.2, 0.25) is 0 Å². The molecule has 0 saturated carbocycles. The predicted octanol–water partition coefficient (Wildman–Crippen LogP) is 4.58. The summed E-state index contributed by atoms with van der Waals surface area (Å²) in [6.45, 7) is 6.13. The normalized spacial score (nSPS) is 11.3. The van der Waals surface area contributed by atoms with E-state index in [4.69, 9.17) is 27.9 Å². The first-order valence-corrected chi connectivity index (χ1v) is 7.69. The molecule has 0 aliphatic carbocycles. The molecule has 0 fully saturated rings. The number of rotatable bonds is 8. The van der Waals surface area contributed by atoms with Gasteiger partial charge in [0.05, 0.1) is 7.11 Å². The average molecular weight is 304 g/mol. The summed E-state index contributed by atoms with van der Waals surface area (Å²) in [5.41, 5.74) is 1.12. The highest BCUT2D eigenvalue weighted by atomic mass is 35.5. The first-order valence-electron chi connectivity index (χ1n) is 6.78. The molecule has 2 nitrogen and oxygen atoms in total. The highest BCUT2D eigenvalue weighted by molar-refractivity contribution is 6.30. The first-order chi connectivity index (χ1) is 9.15. The monoisotopic (exact) mass is 303 g/mol. The van der Waals surface area contributed by atoms with Crippen LogP contribution in [0.2, 0.25) is 5.02 Å². The van der Waals surface area contributed by atoms with Gasteiger partial charge in [-0.05, 0) is 31.0 Å². The molecule has 0 N–H and O–H groups in total. The second-order valence-electron chi connectivity index (χ2n) is 4.59. The van der Waals surface area contributed by atoms with Gasteiger partial charge in [-0.15, -0.1) is 11.6 Å². The van der Waals surface area contributed by atoms with Crippen molar-refractivity contribution in [1.82, 2.24) is 4.90 Å². The van der Waals surface area contributed by atoms with Crippen LogP contribution in [0.3, 0.4) is 0 Å². The molecule has 1 aromatic rings. The number of ether oxygens (including phenoxy) is 1. The van der Waals surface area contributed by atoms with Crippen molar-refractivity contribution in [3.8, 4) is 5.75 Å². The second-order valence-corrected chi connectivity index (χ2v) is 5.40. The van der Waals surface area contributed by atoms with Crippen LogP contribution in [-0.4, -0.2) is 30.5 Å². The van der Waals surface area contributed by atoms with Crippen LogP contribution in [0.15, 0.2) is 18.2 Å². The summed E-state index contributed by atoms with van der Waals surface area (Å²) in [6, 6.07) is 6.29. The van der Waals surface area contributed by atoms with Crippen LogP contribution in [0.1, 0.15) is 32.3 Å². The molecule has 0 unspecified atom stereocenters. The summed E-state index contributed by atoms with van der Waals surface area (Å²) in [5, 5.41) is 0.742. The minimum absolute atomic E-state index is 0.544. The van der Waals surface area contributed by atoms with Crippen molar-refractivity contribution in [1.29, 1.82) is 0 Å². The summed E-state index contributed by atoms with van der Waals surface area (Å²) < 4.78 is 5.41. The Morgan fingerprint density at radius 1 is 1.26 bits per heavy atom. The van der Waals surface area contributed by atoms with E-state index in [1.54, 1.807) is 7.11 Å². The summed E-state index contributed by atoms with van der Waals surface area (Å²) in [7, 11) is 1.69. The third kappa shape index (κ3) is 4.87. The van der Waals surface area contributed by atoms with Gasteiger partial charge < -0.3 is 4.74 Å². The number of methoxy groups -OCH3 is 1. The number of nitrogens with zero attached hydrogens (tertiary/aromatic N) is 1. The summed E-state index contributed by atoms with van der Waals surface area (Å²) >= 11 is 12.0. The van der Waals surface area contributed by atoms with E-state index in [-0.39, 0.29) is 0 Å². The summed E-state index contributed by atoms with van der Waals surface area (Å²) in [6.07, 6.45) is 2.24. The molecule has 0 aliphatic heterocycles. The summed E-state index contributed by atoms with van der Waals surface area (Å²) in [5.74, 6) is 1.52. The molecule has 1 aromatic carbocycles. The van der Waals surface area contributed by atoms with Crippen LogP contribution in [0.4, 0.5) is 0 Å². The van der Waals surface area contributed by atoms with E-state index in [1.165, 1.54) is 0 Å². The molecule has 0 bridgehead atoms. The fourth-order valence-corrected chi connectivity index (χ4v) is 2.81. The Kier molecular flexibility index (Phi) is 7.59. The van der Waals surface area contributed by atoms with Crippen LogP contribution in [-0.2, 0) is 6.54 Å². The van der Waals surface area contributed by atoms with E-state index in [0.717, 1.165) is 42.3 Å². The van der Waals surface area contributed by atoms with E-state index < -0.39 is 0 Å². The standard InChI is InChI=1S/C15H23Cl2NO/c1-4-14(5-2)18(9-8-16)11-12-10-13(17)6-7-15(12)19-3/h6-7,10,14H,4-5,8-9,11H2,1-3H3. The van der Waals surface area contributed by atoms with Gasteiger partial charge in [0, 0.05) is 35.6 Å². The van der Waals surface area contributed by atoms with Crippen molar-refractivity contribution in [2.24, 2.45) is 0 Å². The molecule has 0 atom stereocenters. The number of benzene rings is 1. The minimum Gasteiger partial charge on any atom is -0.496 e. The minimum atomic E-state index is 0.544.